The molecule has 0 aliphatic carbocycles. The van der Waals surface area contributed by atoms with Gasteiger partial charge in [0.25, 0.3) is 0 Å². The van der Waals surface area contributed by atoms with Crippen molar-refractivity contribution in [2.75, 3.05) is 41.3 Å². The quantitative estimate of drug-likeness (QED) is 0.591. The number of aliphatic imine (C=N–C) groups is 1. The lowest BCUT2D eigenvalue weighted by Crippen LogP contribution is -2.45. The summed E-state index contributed by atoms with van der Waals surface area (Å²) < 4.78 is 5.49. The highest BCUT2D eigenvalue weighted by molar-refractivity contribution is 7.10. The molecule has 3 rings (SSSR count). The van der Waals surface area contributed by atoms with Gasteiger partial charge in [-0.1, -0.05) is 24.3 Å². The Balaban J connectivity index is 1.64. The highest BCUT2D eigenvalue weighted by atomic mass is 32.1. The summed E-state index contributed by atoms with van der Waals surface area (Å²) in [5, 5.41) is 5.80. The molecule has 1 saturated heterocycles. The minimum Gasteiger partial charge on any atom is -0.496 e. The van der Waals surface area contributed by atoms with Crippen molar-refractivity contribution in [3.63, 3.8) is 0 Å². The zero-order valence-electron chi connectivity index (χ0n) is 17.4. The Morgan fingerprint density at radius 3 is 2.86 bits per heavy atom. The normalized spacial score (nSPS) is 20.8. The summed E-state index contributed by atoms with van der Waals surface area (Å²) >= 11 is 1.87. The number of guanidine groups is 1. The van der Waals surface area contributed by atoms with Gasteiger partial charge in [-0.05, 0) is 49.9 Å². The minimum absolute atomic E-state index is 0.485. The summed E-state index contributed by atoms with van der Waals surface area (Å²) in [4.78, 5) is 10.6. The van der Waals surface area contributed by atoms with Gasteiger partial charge in [0.15, 0.2) is 5.96 Å². The number of methoxy groups -OCH3 is 1. The first kappa shape index (κ1) is 20.7. The molecular formula is C22H32N4OS. The topological polar surface area (TPSA) is 40.1 Å². The van der Waals surface area contributed by atoms with Crippen molar-refractivity contribution >= 4 is 17.3 Å². The van der Waals surface area contributed by atoms with Gasteiger partial charge >= 0.3 is 0 Å². The molecule has 5 nitrogen and oxygen atoms in total. The molecule has 1 aromatic carbocycles. The van der Waals surface area contributed by atoms with Gasteiger partial charge in [0.05, 0.1) is 7.11 Å². The van der Waals surface area contributed by atoms with Gasteiger partial charge in [0.2, 0.25) is 0 Å². The van der Waals surface area contributed by atoms with Crippen molar-refractivity contribution in [2.24, 2.45) is 10.9 Å². The third-order valence-corrected chi connectivity index (χ3v) is 6.48. The maximum Gasteiger partial charge on any atom is 0.193 e. The molecule has 2 atom stereocenters. The molecule has 0 bridgehead atoms. The molecule has 1 aliphatic heterocycles. The van der Waals surface area contributed by atoms with Crippen molar-refractivity contribution in [2.45, 2.75) is 25.4 Å². The van der Waals surface area contributed by atoms with Crippen LogP contribution in [0, 0.1) is 5.92 Å². The van der Waals surface area contributed by atoms with Gasteiger partial charge in [-0.2, -0.15) is 0 Å². The Bertz CT molecular complexity index is 762. The second-order valence-corrected chi connectivity index (χ2v) is 8.42. The summed E-state index contributed by atoms with van der Waals surface area (Å²) in [5.41, 5.74) is 1.16. The number of para-hydroxylation sites is 1. The first-order chi connectivity index (χ1) is 13.6. The van der Waals surface area contributed by atoms with E-state index < -0.39 is 0 Å². The van der Waals surface area contributed by atoms with Crippen molar-refractivity contribution in [3.8, 4) is 5.75 Å². The Kier molecular flexibility index (Phi) is 7.34. The lowest BCUT2D eigenvalue weighted by Gasteiger charge is -2.39. The Morgan fingerprint density at radius 2 is 2.14 bits per heavy atom. The molecule has 2 heterocycles. The van der Waals surface area contributed by atoms with Crippen molar-refractivity contribution in [1.82, 2.24) is 15.1 Å². The molecular weight excluding hydrogens is 368 g/mol. The summed E-state index contributed by atoms with van der Waals surface area (Å²) in [7, 11) is 7.89. The Labute approximate surface area is 173 Å². The van der Waals surface area contributed by atoms with Crippen LogP contribution in [0.15, 0.2) is 46.8 Å². The van der Waals surface area contributed by atoms with E-state index >= 15 is 0 Å². The molecule has 0 spiro atoms. The number of nitrogens with one attached hydrogen (secondary N) is 1. The van der Waals surface area contributed by atoms with E-state index in [1.165, 1.54) is 24.3 Å². The van der Waals surface area contributed by atoms with Gasteiger partial charge in [-0.3, -0.25) is 9.89 Å². The molecule has 1 fully saturated rings. The van der Waals surface area contributed by atoms with E-state index in [0.717, 1.165) is 30.4 Å². The van der Waals surface area contributed by atoms with Gasteiger partial charge < -0.3 is 15.0 Å². The third kappa shape index (κ3) is 4.86. The largest absolute Gasteiger partial charge is 0.496 e. The van der Waals surface area contributed by atoms with Gasteiger partial charge in [0, 0.05) is 43.7 Å². The highest BCUT2D eigenvalue weighted by Crippen LogP contribution is 2.36. The number of hydrogen-bond donors (Lipinski definition) is 1. The van der Waals surface area contributed by atoms with Crippen LogP contribution in [-0.4, -0.2) is 57.1 Å². The number of hydrogen-bond acceptors (Lipinski definition) is 4. The number of benzene rings is 1. The van der Waals surface area contributed by atoms with Crippen molar-refractivity contribution < 1.29 is 4.74 Å². The molecule has 1 aliphatic rings. The van der Waals surface area contributed by atoms with Gasteiger partial charge in [-0.15, -0.1) is 11.3 Å². The molecule has 1 aromatic heterocycles. The average molecular weight is 401 g/mol. The molecule has 2 unspecified atom stereocenters. The minimum atomic E-state index is 0.485. The van der Waals surface area contributed by atoms with Crippen LogP contribution < -0.4 is 10.1 Å². The molecule has 152 valence electrons. The molecule has 28 heavy (non-hydrogen) atoms. The van der Waals surface area contributed by atoms with Crippen LogP contribution >= 0.6 is 11.3 Å². The van der Waals surface area contributed by atoms with Crippen LogP contribution in [0.25, 0.3) is 0 Å². The molecule has 1 N–H and O–H groups in total. The second kappa shape index (κ2) is 9.94. The van der Waals surface area contributed by atoms with E-state index in [0.29, 0.717) is 12.0 Å². The summed E-state index contributed by atoms with van der Waals surface area (Å²) in [6.07, 6.45) is 2.49. The van der Waals surface area contributed by atoms with E-state index in [1.807, 2.05) is 36.6 Å². The fraction of sp³-hybridized carbons (Fsp3) is 0.500. The van der Waals surface area contributed by atoms with E-state index in [9.17, 15) is 0 Å². The van der Waals surface area contributed by atoms with E-state index in [4.69, 9.17) is 4.74 Å². The molecule has 0 saturated carbocycles. The van der Waals surface area contributed by atoms with E-state index in [2.05, 4.69) is 57.8 Å². The van der Waals surface area contributed by atoms with Crippen LogP contribution in [0.5, 0.6) is 5.75 Å². The zero-order valence-corrected chi connectivity index (χ0v) is 18.2. The molecule has 2 aromatic rings. The van der Waals surface area contributed by atoms with Crippen LogP contribution in [0.2, 0.25) is 0 Å². The zero-order chi connectivity index (χ0) is 19.9. The number of thiophene rings is 1. The SMILES string of the molecule is CN=C(NCC1CCCN(C)C1c1cccs1)N(C)Cc1ccccc1OC. The maximum atomic E-state index is 5.49. The van der Waals surface area contributed by atoms with Crippen LogP contribution in [0.1, 0.15) is 29.3 Å². The molecule has 0 radical (unpaired) electrons. The lowest BCUT2D eigenvalue weighted by molar-refractivity contribution is 0.124. The predicted octanol–water partition coefficient (Wildman–Crippen LogP) is 3.85. The average Bonchev–Trinajstić information content (AvgIpc) is 3.23. The lowest BCUT2D eigenvalue weighted by atomic mass is 9.88. The maximum absolute atomic E-state index is 5.49. The number of nitrogens with zero attached hydrogens (tertiary/aromatic N) is 3. The van der Waals surface area contributed by atoms with Gasteiger partial charge in [0.1, 0.15) is 5.75 Å². The smallest absolute Gasteiger partial charge is 0.193 e. The first-order valence-electron chi connectivity index (χ1n) is 9.91. The number of likely N-dealkylation sites (tertiary alicyclic amines) is 1. The predicted molar refractivity (Wildman–Crippen MR) is 118 cm³/mol. The number of piperidine rings is 1. The fourth-order valence-corrected chi connectivity index (χ4v) is 5.14. The summed E-state index contributed by atoms with van der Waals surface area (Å²) in [6.45, 7) is 2.85. The monoisotopic (exact) mass is 400 g/mol. The highest BCUT2D eigenvalue weighted by Gasteiger charge is 2.31. The number of ether oxygens (including phenoxy) is 1. The summed E-state index contributed by atoms with van der Waals surface area (Å²) in [5.74, 6) is 2.41. The molecule has 6 heteroatoms. The number of rotatable bonds is 6. The van der Waals surface area contributed by atoms with Crippen LogP contribution in [0.3, 0.4) is 0 Å². The Morgan fingerprint density at radius 1 is 1.32 bits per heavy atom. The fourth-order valence-electron chi connectivity index (χ4n) is 4.15. The Hall–Kier alpha value is -2.05. The standard InChI is InChI=1S/C22H32N4OS/c1-23-22(26(3)16-18-9-5-6-11-19(18)27-4)24-15-17-10-7-13-25(2)21(17)20-12-8-14-28-20/h5-6,8-9,11-12,14,17,21H,7,10,13,15-16H2,1-4H3,(H,23,24). The van der Waals surface area contributed by atoms with Crippen LogP contribution in [-0.2, 0) is 6.54 Å². The van der Waals surface area contributed by atoms with E-state index in [1.54, 1.807) is 7.11 Å². The third-order valence-electron chi connectivity index (χ3n) is 5.54. The van der Waals surface area contributed by atoms with Crippen molar-refractivity contribution in [1.29, 1.82) is 0 Å². The molecule has 0 amide bonds. The second-order valence-electron chi connectivity index (χ2n) is 7.44. The van der Waals surface area contributed by atoms with Gasteiger partial charge in [-0.25, -0.2) is 0 Å². The first-order valence-corrected chi connectivity index (χ1v) is 10.8. The summed E-state index contributed by atoms with van der Waals surface area (Å²) in [6, 6.07) is 13.1. The van der Waals surface area contributed by atoms with E-state index in [-0.39, 0.29) is 0 Å². The van der Waals surface area contributed by atoms with Crippen molar-refractivity contribution in [3.05, 3.63) is 52.2 Å². The van der Waals surface area contributed by atoms with Crippen LogP contribution in [0.4, 0.5) is 0 Å².